The molecule has 0 radical (unpaired) electrons. The first-order chi connectivity index (χ1) is 14.0. The zero-order chi connectivity index (χ0) is 22.0. The van der Waals surface area contributed by atoms with Crippen molar-refractivity contribution < 1.29 is 30.0 Å². The molecule has 0 atom stereocenters. The number of nitrogens with one attached hydrogen (secondary N) is 2. The van der Waals surface area contributed by atoms with Gasteiger partial charge < -0.3 is 0 Å². The van der Waals surface area contributed by atoms with Crippen LogP contribution in [0.25, 0.3) is 0 Å². The number of piperidine rings is 1. The van der Waals surface area contributed by atoms with Crippen LogP contribution in [0.2, 0.25) is 0 Å². The van der Waals surface area contributed by atoms with Crippen LogP contribution in [0.1, 0.15) is 24.8 Å². The Morgan fingerprint density at radius 1 is 0.867 bits per heavy atom. The van der Waals surface area contributed by atoms with Crippen LogP contribution in [0.4, 0.5) is 19.0 Å². The van der Waals surface area contributed by atoms with E-state index in [1.807, 2.05) is 4.83 Å². The van der Waals surface area contributed by atoms with Gasteiger partial charge in [0.1, 0.15) is 10.7 Å². The van der Waals surface area contributed by atoms with Gasteiger partial charge in [-0.05, 0) is 49.2 Å². The summed E-state index contributed by atoms with van der Waals surface area (Å²) in [4.78, 5) is 5.48. The molecule has 13 heteroatoms. The number of nitrogens with zero attached hydrogens (tertiary/aromatic N) is 2. The first kappa shape index (κ1) is 22.5. The van der Waals surface area contributed by atoms with E-state index in [1.54, 1.807) is 0 Å². The van der Waals surface area contributed by atoms with Crippen molar-refractivity contribution in [2.75, 3.05) is 18.5 Å². The average Bonchev–Trinajstić information content (AvgIpc) is 2.73. The van der Waals surface area contributed by atoms with Gasteiger partial charge in [-0.1, -0.05) is 6.42 Å². The molecule has 164 valence electrons. The van der Waals surface area contributed by atoms with E-state index in [2.05, 4.69) is 10.4 Å². The van der Waals surface area contributed by atoms with Crippen molar-refractivity contribution in [3.63, 3.8) is 0 Å². The summed E-state index contributed by atoms with van der Waals surface area (Å²) >= 11 is 0. The summed E-state index contributed by atoms with van der Waals surface area (Å²) in [6.45, 7) is 0.879. The molecule has 3 rings (SSSR count). The normalized spacial score (nSPS) is 16.4. The molecule has 0 saturated carbocycles. The molecule has 1 aromatic heterocycles. The van der Waals surface area contributed by atoms with Crippen molar-refractivity contribution >= 4 is 25.9 Å². The number of hydrogen-bond acceptors (Lipinski definition) is 6. The molecule has 1 fully saturated rings. The fourth-order valence-electron chi connectivity index (χ4n) is 2.86. The summed E-state index contributed by atoms with van der Waals surface area (Å²) in [6.07, 6.45) is -0.908. The lowest BCUT2D eigenvalue weighted by molar-refractivity contribution is -0.137. The summed E-state index contributed by atoms with van der Waals surface area (Å²) in [5, 5.41) is 0. The SMILES string of the molecule is O=S(=O)(NNc1ccc(S(=O)(=O)N2CCCCC2)cn1)c1ccc(C(F)(F)F)cc1. The molecule has 1 saturated heterocycles. The highest BCUT2D eigenvalue weighted by molar-refractivity contribution is 7.89. The van der Waals surface area contributed by atoms with Crippen molar-refractivity contribution in [1.29, 1.82) is 0 Å². The Morgan fingerprint density at radius 3 is 2.00 bits per heavy atom. The van der Waals surface area contributed by atoms with E-state index < -0.39 is 31.8 Å². The maximum Gasteiger partial charge on any atom is 0.416 e. The average molecular weight is 464 g/mol. The highest BCUT2D eigenvalue weighted by atomic mass is 32.2. The predicted molar refractivity (Wildman–Crippen MR) is 102 cm³/mol. The molecule has 2 aromatic rings. The second-order valence-corrected chi connectivity index (χ2v) is 10.2. The van der Waals surface area contributed by atoms with Gasteiger partial charge in [0.25, 0.3) is 10.0 Å². The molecule has 1 aromatic carbocycles. The van der Waals surface area contributed by atoms with Crippen LogP contribution in [-0.4, -0.2) is 39.2 Å². The van der Waals surface area contributed by atoms with E-state index in [9.17, 15) is 30.0 Å². The molecule has 30 heavy (non-hydrogen) atoms. The van der Waals surface area contributed by atoms with Gasteiger partial charge in [-0.15, -0.1) is 4.83 Å². The first-order valence-electron chi connectivity index (χ1n) is 8.91. The van der Waals surface area contributed by atoms with Crippen LogP contribution < -0.4 is 10.3 Å². The van der Waals surface area contributed by atoms with Crippen molar-refractivity contribution in [3.8, 4) is 0 Å². The van der Waals surface area contributed by atoms with Gasteiger partial charge >= 0.3 is 6.18 Å². The lowest BCUT2D eigenvalue weighted by atomic mass is 10.2. The minimum absolute atomic E-state index is 0.0134. The monoisotopic (exact) mass is 464 g/mol. The van der Waals surface area contributed by atoms with E-state index in [4.69, 9.17) is 0 Å². The maximum atomic E-state index is 12.6. The van der Waals surface area contributed by atoms with Crippen molar-refractivity contribution in [1.82, 2.24) is 14.1 Å². The Labute approximate surface area is 172 Å². The van der Waals surface area contributed by atoms with Gasteiger partial charge in [-0.3, -0.25) is 5.43 Å². The summed E-state index contributed by atoms with van der Waals surface area (Å²) in [6, 6.07) is 5.56. The van der Waals surface area contributed by atoms with Gasteiger partial charge in [0.05, 0.1) is 10.5 Å². The smallest absolute Gasteiger partial charge is 0.292 e. The Bertz CT molecular complexity index is 1080. The molecular formula is C17H19F3N4O4S2. The van der Waals surface area contributed by atoms with E-state index in [-0.39, 0.29) is 15.6 Å². The van der Waals surface area contributed by atoms with Gasteiger partial charge in [-0.2, -0.15) is 17.5 Å². The van der Waals surface area contributed by atoms with Gasteiger partial charge in [0, 0.05) is 19.3 Å². The van der Waals surface area contributed by atoms with Gasteiger partial charge in [-0.25, -0.2) is 21.8 Å². The predicted octanol–water partition coefficient (Wildman–Crippen LogP) is 2.58. The number of pyridine rings is 1. The molecule has 1 aliphatic rings. The summed E-state index contributed by atoms with van der Waals surface area (Å²) < 4.78 is 88.7. The molecule has 0 spiro atoms. The Kier molecular flexibility index (Phi) is 6.36. The third-order valence-corrected chi connectivity index (χ3v) is 7.64. The molecule has 2 N–H and O–H groups in total. The first-order valence-corrected chi connectivity index (χ1v) is 11.8. The third-order valence-electron chi connectivity index (χ3n) is 4.49. The molecule has 0 aliphatic carbocycles. The molecule has 2 heterocycles. The van der Waals surface area contributed by atoms with Gasteiger partial charge in [0.2, 0.25) is 10.0 Å². The van der Waals surface area contributed by atoms with Crippen LogP contribution in [0.15, 0.2) is 52.4 Å². The second-order valence-electron chi connectivity index (χ2n) is 6.60. The molecule has 8 nitrogen and oxygen atoms in total. The fourth-order valence-corrected chi connectivity index (χ4v) is 5.18. The minimum atomic E-state index is -4.58. The standard InChI is InChI=1S/C17H19F3N4O4S2/c18-17(19,20)13-4-6-14(7-5-13)29(25,26)23-22-16-9-8-15(12-21-16)30(27,28)24-10-2-1-3-11-24/h4-9,12,23H,1-3,10-11H2,(H,21,22). The largest absolute Gasteiger partial charge is 0.416 e. The quantitative estimate of drug-likeness (QED) is 0.637. The summed E-state index contributed by atoms with van der Waals surface area (Å²) in [7, 11) is -7.84. The van der Waals surface area contributed by atoms with Crippen LogP contribution in [0.3, 0.4) is 0 Å². The molecule has 0 bridgehead atoms. The topological polar surface area (TPSA) is 108 Å². The number of rotatable bonds is 6. The summed E-state index contributed by atoms with van der Waals surface area (Å²) in [5.41, 5.74) is 1.34. The van der Waals surface area contributed by atoms with E-state index in [0.29, 0.717) is 25.2 Å². The number of aromatic nitrogens is 1. The number of halogens is 3. The Morgan fingerprint density at radius 2 is 1.47 bits per heavy atom. The number of anilines is 1. The van der Waals surface area contributed by atoms with Gasteiger partial charge in [0.15, 0.2) is 0 Å². The number of hydrogen-bond donors (Lipinski definition) is 2. The Balaban J connectivity index is 1.67. The lowest BCUT2D eigenvalue weighted by Crippen LogP contribution is -2.35. The highest BCUT2D eigenvalue weighted by Crippen LogP contribution is 2.29. The van der Waals surface area contributed by atoms with Crippen molar-refractivity contribution in [3.05, 3.63) is 48.2 Å². The summed E-state index contributed by atoms with van der Waals surface area (Å²) in [5.74, 6) is 0.0167. The lowest BCUT2D eigenvalue weighted by Gasteiger charge is -2.25. The number of alkyl halides is 3. The zero-order valence-corrected chi connectivity index (χ0v) is 17.2. The van der Waals surface area contributed by atoms with Crippen molar-refractivity contribution in [2.24, 2.45) is 0 Å². The molecule has 0 amide bonds. The Hall–Kier alpha value is -2.22. The second kappa shape index (κ2) is 8.49. The molecular weight excluding hydrogens is 445 g/mol. The molecule has 0 unspecified atom stereocenters. The third kappa shape index (κ3) is 5.09. The molecule has 1 aliphatic heterocycles. The highest BCUT2D eigenvalue weighted by Gasteiger charge is 2.30. The van der Waals surface area contributed by atoms with Crippen LogP contribution >= 0.6 is 0 Å². The zero-order valence-electron chi connectivity index (χ0n) is 15.6. The maximum absolute atomic E-state index is 12.6. The minimum Gasteiger partial charge on any atom is -0.292 e. The number of benzene rings is 1. The number of sulfonamides is 2. The van der Waals surface area contributed by atoms with E-state index in [1.165, 1.54) is 16.4 Å². The number of hydrazine groups is 1. The van der Waals surface area contributed by atoms with Crippen LogP contribution in [-0.2, 0) is 26.2 Å². The van der Waals surface area contributed by atoms with Crippen molar-refractivity contribution in [2.45, 2.75) is 35.2 Å². The van der Waals surface area contributed by atoms with E-state index >= 15 is 0 Å². The van der Waals surface area contributed by atoms with E-state index in [0.717, 1.165) is 37.6 Å². The van der Waals surface area contributed by atoms with Crippen LogP contribution in [0, 0.1) is 0 Å². The fraction of sp³-hybridized carbons (Fsp3) is 0.353. The van der Waals surface area contributed by atoms with Crippen LogP contribution in [0.5, 0.6) is 0 Å².